The van der Waals surface area contributed by atoms with Gasteiger partial charge in [0.25, 0.3) is 0 Å². The van der Waals surface area contributed by atoms with E-state index in [1.54, 1.807) is 6.07 Å². The number of carbonyl (C=O) groups is 1. The Morgan fingerprint density at radius 3 is 2.61 bits per heavy atom. The lowest BCUT2D eigenvalue weighted by molar-refractivity contribution is 0.0698. The predicted octanol–water partition coefficient (Wildman–Crippen LogP) is 2.51. The Balaban J connectivity index is 2.38. The number of nitrogens with zero attached hydrogens (tertiary/aromatic N) is 1. The van der Waals surface area contributed by atoms with Crippen molar-refractivity contribution in [2.24, 2.45) is 5.41 Å². The van der Waals surface area contributed by atoms with Crippen LogP contribution in [0.3, 0.4) is 0 Å². The van der Waals surface area contributed by atoms with Gasteiger partial charge in [-0.25, -0.2) is 4.79 Å². The lowest BCUT2D eigenvalue weighted by Crippen LogP contribution is -2.23. The number of carboxylic acids is 1. The molecule has 0 spiro atoms. The molecule has 4 heteroatoms. The first kappa shape index (κ1) is 12.7. The Morgan fingerprint density at radius 2 is 2.11 bits per heavy atom. The first-order chi connectivity index (χ1) is 8.30. The van der Waals surface area contributed by atoms with Crippen LogP contribution in [0.25, 0.3) is 0 Å². The smallest absolute Gasteiger partial charge is 0.337 e. The molecule has 18 heavy (non-hydrogen) atoms. The molecule has 0 aliphatic carbocycles. The monoisotopic (exact) mass is 248 g/mol. The van der Waals surface area contributed by atoms with Gasteiger partial charge in [0, 0.05) is 24.5 Å². The van der Waals surface area contributed by atoms with Gasteiger partial charge in [0.1, 0.15) is 0 Å². The third-order valence-electron chi connectivity index (χ3n) is 3.64. The SMILES string of the molecule is Cc1cc(N2CCC(C)(C)C2)cc(C(=O)O)c1N. The average Bonchev–Trinajstić information content (AvgIpc) is 2.62. The van der Waals surface area contributed by atoms with Crippen LogP contribution in [0.2, 0.25) is 0 Å². The summed E-state index contributed by atoms with van der Waals surface area (Å²) in [5.41, 5.74) is 8.46. The number of nitrogens with two attached hydrogens (primary N) is 1. The Labute approximate surface area is 107 Å². The molecule has 4 nitrogen and oxygen atoms in total. The molecular weight excluding hydrogens is 228 g/mol. The lowest BCUT2D eigenvalue weighted by atomic mass is 9.93. The zero-order valence-electron chi connectivity index (χ0n) is 11.2. The fourth-order valence-electron chi connectivity index (χ4n) is 2.47. The number of benzene rings is 1. The molecule has 0 aromatic heterocycles. The third kappa shape index (κ3) is 2.28. The minimum atomic E-state index is -0.962. The Bertz CT molecular complexity index is 495. The molecule has 0 saturated carbocycles. The van der Waals surface area contributed by atoms with Crippen molar-refractivity contribution in [3.05, 3.63) is 23.3 Å². The maximum Gasteiger partial charge on any atom is 0.337 e. The molecule has 3 N–H and O–H groups in total. The highest BCUT2D eigenvalue weighted by molar-refractivity contribution is 5.95. The van der Waals surface area contributed by atoms with E-state index < -0.39 is 5.97 Å². The molecule has 0 amide bonds. The van der Waals surface area contributed by atoms with Crippen molar-refractivity contribution >= 4 is 17.3 Å². The minimum Gasteiger partial charge on any atom is -0.478 e. The normalized spacial score (nSPS) is 18.1. The molecular formula is C14H20N2O2. The van der Waals surface area contributed by atoms with Crippen molar-refractivity contribution < 1.29 is 9.90 Å². The van der Waals surface area contributed by atoms with Crippen LogP contribution in [0.1, 0.15) is 36.2 Å². The molecule has 0 atom stereocenters. The van der Waals surface area contributed by atoms with Crippen LogP contribution < -0.4 is 10.6 Å². The predicted molar refractivity (Wildman–Crippen MR) is 73.2 cm³/mol. The van der Waals surface area contributed by atoms with Crippen molar-refractivity contribution in [1.29, 1.82) is 0 Å². The number of carboxylic acid groups (broad SMARTS) is 1. The van der Waals surface area contributed by atoms with Gasteiger partial charge < -0.3 is 15.7 Å². The lowest BCUT2D eigenvalue weighted by Gasteiger charge is -2.23. The van der Waals surface area contributed by atoms with Crippen molar-refractivity contribution in [2.75, 3.05) is 23.7 Å². The van der Waals surface area contributed by atoms with Gasteiger partial charge >= 0.3 is 5.97 Å². The molecule has 1 aliphatic rings. The van der Waals surface area contributed by atoms with E-state index >= 15 is 0 Å². The summed E-state index contributed by atoms with van der Waals surface area (Å²) in [7, 11) is 0. The molecule has 1 aliphatic heterocycles. The van der Waals surface area contributed by atoms with E-state index in [1.807, 2.05) is 13.0 Å². The van der Waals surface area contributed by atoms with Gasteiger partial charge in [-0.1, -0.05) is 13.8 Å². The first-order valence-corrected chi connectivity index (χ1v) is 6.18. The van der Waals surface area contributed by atoms with Crippen LogP contribution in [0.5, 0.6) is 0 Å². The third-order valence-corrected chi connectivity index (χ3v) is 3.64. The van der Waals surface area contributed by atoms with Gasteiger partial charge in [0.2, 0.25) is 0 Å². The molecule has 98 valence electrons. The summed E-state index contributed by atoms with van der Waals surface area (Å²) in [6.07, 6.45) is 1.12. The second-order valence-corrected chi connectivity index (χ2v) is 5.86. The molecule has 2 rings (SSSR count). The molecule has 1 heterocycles. The van der Waals surface area contributed by atoms with Gasteiger partial charge in [-0.05, 0) is 36.5 Å². The van der Waals surface area contributed by atoms with Crippen molar-refractivity contribution in [3.8, 4) is 0 Å². The molecule has 0 bridgehead atoms. The summed E-state index contributed by atoms with van der Waals surface area (Å²) in [5.74, 6) is -0.962. The highest BCUT2D eigenvalue weighted by Crippen LogP contribution is 2.34. The fourth-order valence-corrected chi connectivity index (χ4v) is 2.47. The standard InChI is InChI=1S/C14H20N2O2/c1-9-6-10(7-11(12(9)15)13(17)18)16-5-4-14(2,3)8-16/h6-7H,4-5,8,15H2,1-3H3,(H,17,18). The summed E-state index contributed by atoms with van der Waals surface area (Å²) in [6.45, 7) is 8.24. The highest BCUT2D eigenvalue weighted by atomic mass is 16.4. The summed E-state index contributed by atoms with van der Waals surface area (Å²) in [6, 6.07) is 3.66. The van der Waals surface area contributed by atoms with Crippen molar-refractivity contribution in [1.82, 2.24) is 0 Å². The molecule has 1 saturated heterocycles. The van der Waals surface area contributed by atoms with Gasteiger partial charge in [0.15, 0.2) is 0 Å². The highest BCUT2D eigenvalue weighted by Gasteiger charge is 2.30. The second-order valence-electron chi connectivity index (χ2n) is 5.86. The van der Waals surface area contributed by atoms with Crippen molar-refractivity contribution in [2.45, 2.75) is 27.2 Å². The van der Waals surface area contributed by atoms with E-state index in [0.717, 1.165) is 30.8 Å². The van der Waals surface area contributed by atoms with Crippen molar-refractivity contribution in [3.63, 3.8) is 0 Å². The van der Waals surface area contributed by atoms with Gasteiger partial charge in [-0.15, -0.1) is 0 Å². The number of nitrogen functional groups attached to an aromatic ring is 1. The van der Waals surface area contributed by atoms with Gasteiger partial charge in [0.05, 0.1) is 5.56 Å². The largest absolute Gasteiger partial charge is 0.478 e. The average molecular weight is 248 g/mol. The molecule has 1 aromatic rings. The zero-order valence-corrected chi connectivity index (χ0v) is 11.2. The van der Waals surface area contributed by atoms with Crippen LogP contribution in [0.4, 0.5) is 11.4 Å². The first-order valence-electron chi connectivity index (χ1n) is 6.18. The maximum absolute atomic E-state index is 11.2. The van der Waals surface area contributed by atoms with Crippen LogP contribution in [-0.4, -0.2) is 24.2 Å². The number of aryl methyl sites for hydroxylation is 1. The van der Waals surface area contributed by atoms with Gasteiger partial charge in [-0.3, -0.25) is 0 Å². The Hall–Kier alpha value is -1.71. The van der Waals surface area contributed by atoms with E-state index in [9.17, 15) is 4.79 Å². The topological polar surface area (TPSA) is 66.6 Å². The second kappa shape index (κ2) is 4.19. The van der Waals surface area contributed by atoms with E-state index in [1.165, 1.54) is 0 Å². The number of anilines is 2. The number of rotatable bonds is 2. The summed E-state index contributed by atoms with van der Waals surface area (Å²) >= 11 is 0. The Morgan fingerprint density at radius 1 is 1.44 bits per heavy atom. The minimum absolute atomic E-state index is 0.203. The molecule has 0 radical (unpaired) electrons. The van der Waals surface area contributed by atoms with Crippen LogP contribution in [-0.2, 0) is 0 Å². The molecule has 1 fully saturated rings. The van der Waals surface area contributed by atoms with Crippen LogP contribution >= 0.6 is 0 Å². The van der Waals surface area contributed by atoms with E-state index in [0.29, 0.717) is 11.1 Å². The van der Waals surface area contributed by atoms with E-state index in [-0.39, 0.29) is 5.56 Å². The quantitative estimate of drug-likeness (QED) is 0.789. The fraction of sp³-hybridized carbons (Fsp3) is 0.500. The maximum atomic E-state index is 11.2. The Kier molecular flexibility index (Phi) is 2.97. The number of hydrogen-bond acceptors (Lipinski definition) is 3. The summed E-state index contributed by atoms with van der Waals surface area (Å²) < 4.78 is 0. The summed E-state index contributed by atoms with van der Waals surface area (Å²) in [5, 5.41) is 9.16. The number of aromatic carboxylic acids is 1. The number of hydrogen-bond donors (Lipinski definition) is 2. The van der Waals surface area contributed by atoms with Crippen LogP contribution in [0.15, 0.2) is 12.1 Å². The zero-order chi connectivity index (χ0) is 13.5. The summed E-state index contributed by atoms with van der Waals surface area (Å²) in [4.78, 5) is 13.4. The van der Waals surface area contributed by atoms with E-state index in [4.69, 9.17) is 10.8 Å². The molecule has 1 aromatic carbocycles. The van der Waals surface area contributed by atoms with Crippen LogP contribution in [0, 0.1) is 12.3 Å². The van der Waals surface area contributed by atoms with E-state index in [2.05, 4.69) is 18.7 Å². The molecule has 0 unspecified atom stereocenters. The van der Waals surface area contributed by atoms with Gasteiger partial charge in [-0.2, -0.15) is 0 Å².